The average molecular weight is 1300 g/mol. The van der Waals surface area contributed by atoms with E-state index in [1.54, 1.807) is 0 Å². The molecule has 1 N–H and O–H groups in total. The van der Waals surface area contributed by atoms with Crippen LogP contribution in [0.3, 0.4) is 0 Å². The highest BCUT2D eigenvalue weighted by Gasteiger charge is 2.29. The van der Waals surface area contributed by atoms with Crippen LogP contribution in [0, 0.1) is 0 Å². The molecule has 0 rings (SSSR count). The molecule has 3 atom stereocenters. The molecule has 0 heterocycles. The maximum Gasteiger partial charge on any atom is 0.472 e. The molecule has 0 aromatic heterocycles. The number of carbonyl (C=O) groups is 4. The van der Waals surface area contributed by atoms with E-state index in [2.05, 4.69) is 76.3 Å². The highest BCUT2D eigenvalue weighted by molar-refractivity contribution is 7.47. The molecule has 0 radical (unpaired) electrons. The van der Waals surface area contributed by atoms with Crippen molar-refractivity contribution in [2.45, 2.75) is 399 Å². The van der Waals surface area contributed by atoms with E-state index in [-0.39, 0.29) is 38.9 Å². The molecular weight excluding hydrogens is 1160 g/mol. The number of rotatable bonds is 72. The van der Waals surface area contributed by atoms with Crippen molar-refractivity contribution in [2.75, 3.05) is 26.4 Å². The predicted molar refractivity (Wildman–Crippen MR) is 381 cm³/mol. The first-order valence-corrected chi connectivity index (χ1v) is 40.0. The van der Waals surface area contributed by atoms with E-state index in [1.807, 2.05) is 0 Å². The van der Waals surface area contributed by atoms with Crippen LogP contribution >= 0.6 is 7.82 Å². The maximum atomic E-state index is 13.5. The number of phosphoric acid groups is 1. The van der Waals surface area contributed by atoms with Gasteiger partial charge in [-0.1, -0.05) is 282 Å². The molecule has 0 aromatic rings. The second kappa shape index (κ2) is 71.2. The number of carbonyl (C=O) groups excluding carboxylic acids is 4. The van der Waals surface area contributed by atoms with Gasteiger partial charge in [-0.2, -0.15) is 0 Å². The van der Waals surface area contributed by atoms with E-state index < -0.39 is 57.1 Å². The lowest BCUT2D eigenvalue weighted by atomic mass is 10.1. The summed E-state index contributed by atoms with van der Waals surface area (Å²) >= 11 is 0. The van der Waals surface area contributed by atoms with Gasteiger partial charge in [0, 0.05) is 25.7 Å². The van der Waals surface area contributed by atoms with Gasteiger partial charge in [-0.15, -0.1) is 0 Å². The molecule has 0 aromatic carbocycles. The number of hydrogen-bond donors (Lipinski definition) is 1. The molecule has 0 aliphatic rings. The average Bonchev–Trinajstić information content (AvgIpc) is 2.71. The zero-order valence-corrected chi connectivity index (χ0v) is 60.5. The van der Waals surface area contributed by atoms with E-state index >= 15 is 0 Å². The molecule has 532 valence electrons. The summed E-state index contributed by atoms with van der Waals surface area (Å²) in [4.78, 5) is 63.1. The van der Waals surface area contributed by atoms with Crippen LogP contribution in [0.25, 0.3) is 0 Å². The summed E-state index contributed by atoms with van der Waals surface area (Å²) in [6.45, 7) is 7.10. The van der Waals surface area contributed by atoms with Crippen LogP contribution in [0.1, 0.15) is 387 Å². The van der Waals surface area contributed by atoms with Crippen molar-refractivity contribution in [3.63, 3.8) is 0 Å². The Kier molecular flexibility index (Phi) is 68.9. The Hall–Kier alpha value is -3.05. The van der Waals surface area contributed by atoms with Crippen LogP contribution in [0.2, 0.25) is 0 Å². The number of unbranched alkanes of at least 4 members (excludes halogenated alkanes) is 44. The first-order chi connectivity index (χ1) is 44.6. The third-order valence-electron chi connectivity index (χ3n) is 16.9. The molecule has 0 saturated heterocycles. The molecule has 91 heavy (non-hydrogen) atoms. The lowest BCUT2D eigenvalue weighted by molar-refractivity contribution is -0.162. The molecule has 0 saturated carbocycles. The largest absolute Gasteiger partial charge is 0.472 e. The van der Waals surface area contributed by atoms with E-state index in [0.29, 0.717) is 25.7 Å². The molecule has 13 heteroatoms. The third kappa shape index (κ3) is 69.6. The zero-order chi connectivity index (χ0) is 66.3. The van der Waals surface area contributed by atoms with Crippen molar-refractivity contribution < 1.29 is 56.6 Å². The summed E-state index contributed by atoms with van der Waals surface area (Å²) in [5.74, 6) is -1.93. The van der Waals surface area contributed by atoms with Crippen molar-refractivity contribution in [2.24, 2.45) is 0 Å². The third-order valence-corrected chi connectivity index (χ3v) is 17.8. The van der Waals surface area contributed by atoms with Crippen LogP contribution in [-0.2, 0) is 51.7 Å². The van der Waals surface area contributed by atoms with Crippen molar-refractivity contribution in [1.29, 1.82) is 0 Å². The summed E-state index contributed by atoms with van der Waals surface area (Å²) in [5.41, 5.74) is 0. The highest BCUT2D eigenvalue weighted by Crippen LogP contribution is 2.43. The van der Waals surface area contributed by atoms with Gasteiger partial charge in [0.1, 0.15) is 13.2 Å². The minimum atomic E-state index is -4.86. The second-order valence-electron chi connectivity index (χ2n) is 26.0. The number of esters is 4. The Morgan fingerprint density at radius 2 is 0.462 bits per heavy atom. The Labute approximate surface area is 560 Å². The molecule has 0 amide bonds. The molecule has 0 aliphatic heterocycles. The van der Waals surface area contributed by atoms with Gasteiger partial charge >= 0.3 is 31.7 Å². The van der Waals surface area contributed by atoms with Crippen molar-refractivity contribution in [1.82, 2.24) is 0 Å². The van der Waals surface area contributed by atoms with E-state index in [9.17, 15) is 28.6 Å². The van der Waals surface area contributed by atoms with Crippen molar-refractivity contribution in [3.05, 3.63) is 48.6 Å². The Morgan fingerprint density at radius 3 is 0.681 bits per heavy atom. The monoisotopic (exact) mass is 1300 g/mol. The van der Waals surface area contributed by atoms with Crippen molar-refractivity contribution in [3.8, 4) is 0 Å². The molecule has 0 aliphatic carbocycles. The lowest BCUT2D eigenvalue weighted by Crippen LogP contribution is -2.31. The minimum absolute atomic E-state index is 0.144. The number of phosphoric ester groups is 1. The quantitative estimate of drug-likeness (QED) is 0.0202. The molecule has 0 bridgehead atoms. The normalized spacial score (nSPS) is 13.2. The topological polar surface area (TPSA) is 161 Å². The van der Waals surface area contributed by atoms with Crippen LogP contribution in [0.15, 0.2) is 48.6 Å². The van der Waals surface area contributed by atoms with Gasteiger partial charge in [0.2, 0.25) is 0 Å². The Bertz CT molecular complexity index is 1660. The first-order valence-electron chi connectivity index (χ1n) is 38.5. The molecule has 0 spiro atoms. The number of ether oxygens (including phenoxy) is 4. The van der Waals surface area contributed by atoms with E-state index in [1.165, 1.54) is 154 Å². The van der Waals surface area contributed by atoms with Crippen LogP contribution in [0.5, 0.6) is 0 Å². The molecular formula is C78H143O12P. The van der Waals surface area contributed by atoms with Crippen LogP contribution in [-0.4, -0.2) is 67.4 Å². The van der Waals surface area contributed by atoms with Gasteiger partial charge in [0.25, 0.3) is 0 Å². The second-order valence-corrected chi connectivity index (χ2v) is 27.4. The van der Waals surface area contributed by atoms with Crippen LogP contribution in [0.4, 0.5) is 0 Å². The fraction of sp³-hybridized carbons (Fsp3) is 0.846. The SMILES string of the molecule is CCCCCCCC/C=C\CCCCCCCC(=O)OC[C@H](COP(=O)(O)OC[C@H](COC(=O)CCCCCCC/C=C\CCCCCCCC)OC(=O)CCCCCCC/C=C\CCCCCCCC)OC(=O)CCCCCCC/C=C\CCCCCCCC. The van der Waals surface area contributed by atoms with Gasteiger partial charge < -0.3 is 23.8 Å². The molecule has 12 nitrogen and oxygen atoms in total. The Morgan fingerprint density at radius 1 is 0.275 bits per heavy atom. The van der Waals surface area contributed by atoms with Gasteiger partial charge in [-0.05, 0) is 128 Å². The standard InChI is InChI=1S/C78H143O12P/c1-5-9-13-17-21-25-29-33-37-41-45-49-53-57-61-65-75(79)85-69-73(89-77(81)67-63-59-55-51-47-43-39-35-31-27-23-19-15-11-7-3)71-87-91(83,84)88-72-74(90-78(82)68-64-60-56-52-48-44-40-36-32-28-24-20-16-12-8-4)70-86-76(80)66-62-58-54-50-46-42-38-34-30-26-22-18-14-10-6-2/h33-40,73-74H,5-32,41-72H2,1-4H3,(H,83,84)/b37-33-,38-34-,39-35-,40-36-/t73-,74+. The predicted octanol–water partition coefficient (Wildman–Crippen LogP) is 24.2. The van der Waals surface area contributed by atoms with Gasteiger partial charge in [-0.3, -0.25) is 28.2 Å². The fourth-order valence-electron chi connectivity index (χ4n) is 11.0. The van der Waals surface area contributed by atoms with Crippen LogP contribution < -0.4 is 0 Å². The maximum absolute atomic E-state index is 13.5. The van der Waals surface area contributed by atoms with Gasteiger partial charge in [0.15, 0.2) is 12.2 Å². The highest BCUT2D eigenvalue weighted by atomic mass is 31.2. The van der Waals surface area contributed by atoms with E-state index in [4.69, 9.17) is 28.0 Å². The summed E-state index contributed by atoms with van der Waals surface area (Å²) in [6.07, 6.45) is 75.9. The fourth-order valence-corrected chi connectivity index (χ4v) is 11.8. The summed E-state index contributed by atoms with van der Waals surface area (Å²) in [5, 5.41) is 0. The zero-order valence-electron chi connectivity index (χ0n) is 59.6. The molecule has 1 unspecified atom stereocenters. The molecule has 0 fully saturated rings. The smallest absolute Gasteiger partial charge is 0.462 e. The first kappa shape index (κ1) is 88.0. The lowest BCUT2D eigenvalue weighted by Gasteiger charge is -2.22. The number of allylic oxidation sites excluding steroid dienone is 8. The summed E-state index contributed by atoms with van der Waals surface area (Å²) in [7, 11) is -4.86. The summed E-state index contributed by atoms with van der Waals surface area (Å²) < 4.78 is 46.8. The number of hydrogen-bond acceptors (Lipinski definition) is 11. The van der Waals surface area contributed by atoms with E-state index in [0.717, 1.165) is 154 Å². The van der Waals surface area contributed by atoms with Gasteiger partial charge in [-0.25, -0.2) is 4.57 Å². The minimum Gasteiger partial charge on any atom is -0.462 e. The Balaban J connectivity index is 5.40. The summed E-state index contributed by atoms with van der Waals surface area (Å²) in [6, 6.07) is 0. The van der Waals surface area contributed by atoms with Gasteiger partial charge in [0.05, 0.1) is 13.2 Å². The van der Waals surface area contributed by atoms with Crippen molar-refractivity contribution >= 4 is 31.7 Å².